The van der Waals surface area contributed by atoms with Crippen molar-refractivity contribution in [2.24, 2.45) is 0 Å². The maximum atomic E-state index is 13.5. The molecule has 1 amide bonds. The lowest BCUT2D eigenvalue weighted by atomic mass is 9.84. The van der Waals surface area contributed by atoms with Crippen LogP contribution in [0.4, 0.5) is 5.69 Å². The molecule has 186 valence electrons. The van der Waals surface area contributed by atoms with Gasteiger partial charge in [-0.3, -0.25) is 14.5 Å². The molecule has 36 heavy (non-hydrogen) atoms. The van der Waals surface area contributed by atoms with Crippen molar-refractivity contribution in [3.8, 4) is 5.75 Å². The predicted octanol–water partition coefficient (Wildman–Crippen LogP) is 6.63. The number of aryl methyl sites for hydroxylation is 2. The Hall–Kier alpha value is -3.86. The van der Waals surface area contributed by atoms with Crippen LogP contribution in [-0.4, -0.2) is 23.4 Å². The van der Waals surface area contributed by atoms with Crippen molar-refractivity contribution in [1.82, 2.24) is 0 Å². The van der Waals surface area contributed by atoms with Crippen molar-refractivity contribution < 1.29 is 19.4 Å². The zero-order valence-corrected chi connectivity index (χ0v) is 21.8. The summed E-state index contributed by atoms with van der Waals surface area (Å²) in [5.41, 5.74) is 4.68. The first-order chi connectivity index (χ1) is 17.0. The Balaban J connectivity index is 1.94. The topological polar surface area (TPSA) is 66.8 Å². The molecule has 1 aliphatic heterocycles. The van der Waals surface area contributed by atoms with Crippen molar-refractivity contribution in [3.05, 3.63) is 100 Å². The number of nitrogens with zero attached hydrogens (tertiary/aromatic N) is 1. The van der Waals surface area contributed by atoms with Crippen LogP contribution in [0.25, 0.3) is 5.76 Å². The molecule has 0 saturated carbocycles. The minimum absolute atomic E-state index is 0.0773. The number of ketones is 1. The van der Waals surface area contributed by atoms with Crippen molar-refractivity contribution in [2.75, 3.05) is 11.5 Å². The second kappa shape index (κ2) is 9.65. The molecule has 1 saturated heterocycles. The summed E-state index contributed by atoms with van der Waals surface area (Å²) in [5.74, 6) is -0.819. The van der Waals surface area contributed by atoms with Crippen LogP contribution in [-0.2, 0) is 15.0 Å². The smallest absolute Gasteiger partial charge is 0.300 e. The summed E-state index contributed by atoms with van der Waals surface area (Å²) < 4.78 is 5.82. The van der Waals surface area contributed by atoms with Crippen LogP contribution in [0.5, 0.6) is 5.75 Å². The Morgan fingerprint density at radius 3 is 2.25 bits per heavy atom. The van der Waals surface area contributed by atoms with Gasteiger partial charge in [0.1, 0.15) is 11.5 Å². The van der Waals surface area contributed by atoms with Crippen molar-refractivity contribution in [2.45, 2.75) is 53.0 Å². The fourth-order valence-electron chi connectivity index (χ4n) is 4.63. The normalized spacial score (nSPS) is 17.5. The lowest BCUT2D eigenvalue weighted by Crippen LogP contribution is -2.29. The van der Waals surface area contributed by atoms with Gasteiger partial charge in [0, 0.05) is 16.8 Å². The van der Waals surface area contributed by atoms with Gasteiger partial charge < -0.3 is 9.84 Å². The van der Waals surface area contributed by atoms with E-state index in [-0.39, 0.29) is 16.7 Å². The number of benzene rings is 3. The van der Waals surface area contributed by atoms with E-state index in [0.717, 1.165) is 28.0 Å². The third-order valence-electron chi connectivity index (χ3n) is 6.69. The number of Topliss-reactive ketones (excluding diaryl/α,β-unsaturated/α-hetero) is 1. The molecule has 1 aliphatic rings. The van der Waals surface area contributed by atoms with E-state index in [2.05, 4.69) is 20.8 Å². The predicted molar refractivity (Wildman–Crippen MR) is 143 cm³/mol. The van der Waals surface area contributed by atoms with Crippen LogP contribution in [0.1, 0.15) is 61.6 Å². The SMILES string of the molecule is CCOc1ccc(/C(O)=C2/C(=O)C(=O)N(c3ccc(C)c(C)c3)C2c2ccccc2)cc1C(C)(C)C. The number of ether oxygens (including phenoxy) is 1. The summed E-state index contributed by atoms with van der Waals surface area (Å²) in [5, 5.41) is 11.6. The number of aliphatic hydroxyl groups excluding tert-OH is 1. The van der Waals surface area contributed by atoms with Gasteiger partial charge in [-0.2, -0.15) is 0 Å². The highest BCUT2D eigenvalue weighted by Crippen LogP contribution is 2.43. The highest BCUT2D eigenvalue weighted by Gasteiger charge is 2.47. The summed E-state index contributed by atoms with van der Waals surface area (Å²) in [6.45, 7) is 12.6. The van der Waals surface area contributed by atoms with Gasteiger partial charge in [-0.15, -0.1) is 0 Å². The van der Waals surface area contributed by atoms with Gasteiger partial charge in [0.15, 0.2) is 0 Å². The van der Waals surface area contributed by atoms with Gasteiger partial charge in [-0.25, -0.2) is 0 Å². The fraction of sp³-hybridized carbons (Fsp3) is 0.290. The molecule has 0 aromatic heterocycles. The van der Waals surface area contributed by atoms with E-state index in [1.807, 2.05) is 81.4 Å². The van der Waals surface area contributed by atoms with E-state index >= 15 is 0 Å². The van der Waals surface area contributed by atoms with E-state index < -0.39 is 17.7 Å². The second-order valence-electron chi connectivity index (χ2n) is 10.2. The van der Waals surface area contributed by atoms with Crippen LogP contribution in [0.3, 0.4) is 0 Å². The summed E-state index contributed by atoms with van der Waals surface area (Å²) in [7, 11) is 0. The highest BCUT2D eigenvalue weighted by molar-refractivity contribution is 6.51. The number of hydrogen-bond donors (Lipinski definition) is 1. The molecule has 1 unspecified atom stereocenters. The standard InChI is InChI=1S/C31H33NO4/c1-7-36-25-16-14-22(18-24(25)31(4,5)6)28(33)26-27(21-11-9-8-10-12-21)32(30(35)29(26)34)23-15-13-19(2)20(3)17-23/h8-18,27,33H,7H2,1-6H3/b28-26-. The highest BCUT2D eigenvalue weighted by atomic mass is 16.5. The van der Waals surface area contributed by atoms with Crippen LogP contribution in [0.15, 0.2) is 72.3 Å². The maximum absolute atomic E-state index is 13.5. The average molecular weight is 484 g/mol. The molecule has 0 spiro atoms. The van der Waals surface area contributed by atoms with Crippen LogP contribution in [0.2, 0.25) is 0 Å². The molecule has 1 fully saturated rings. The molecular formula is C31H33NO4. The number of rotatable bonds is 5. The first kappa shape index (κ1) is 25.2. The fourth-order valence-corrected chi connectivity index (χ4v) is 4.63. The molecule has 5 nitrogen and oxygen atoms in total. The molecule has 0 radical (unpaired) electrons. The molecule has 0 bridgehead atoms. The number of amides is 1. The first-order valence-corrected chi connectivity index (χ1v) is 12.3. The van der Waals surface area contributed by atoms with Gasteiger partial charge in [0.2, 0.25) is 0 Å². The molecule has 0 aliphatic carbocycles. The van der Waals surface area contributed by atoms with E-state index in [1.54, 1.807) is 6.07 Å². The largest absolute Gasteiger partial charge is 0.507 e. The maximum Gasteiger partial charge on any atom is 0.300 e. The Kier molecular flexibility index (Phi) is 6.77. The Labute approximate surface area is 213 Å². The van der Waals surface area contributed by atoms with E-state index in [4.69, 9.17) is 4.74 Å². The number of aliphatic hydroxyl groups is 1. The third-order valence-corrected chi connectivity index (χ3v) is 6.69. The van der Waals surface area contributed by atoms with Gasteiger partial charge in [0.05, 0.1) is 18.2 Å². The van der Waals surface area contributed by atoms with Gasteiger partial charge >= 0.3 is 0 Å². The number of hydrogen-bond acceptors (Lipinski definition) is 4. The summed E-state index contributed by atoms with van der Waals surface area (Å²) >= 11 is 0. The van der Waals surface area contributed by atoms with Crippen LogP contribution in [0, 0.1) is 13.8 Å². The van der Waals surface area contributed by atoms with Crippen LogP contribution >= 0.6 is 0 Å². The molecule has 5 heteroatoms. The van der Waals surface area contributed by atoms with Gasteiger partial charge in [-0.1, -0.05) is 57.2 Å². The van der Waals surface area contributed by atoms with Gasteiger partial charge in [-0.05, 0) is 73.2 Å². The van der Waals surface area contributed by atoms with Crippen molar-refractivity contribution >= 4 is 23.1 Å². The first-order valence-electron chi connectivity index (χ1n) is 12.3. The molecule has 1 atom stereocenters. The monoisotopic (exact) mass is 483 g/mol. The molecule has 1 heterocycles. The summed E-state index contributed by atoms with van der Waals surface area (Å²) in [6.07, 6.45) is 0. The number of carbonyl (C=O) groups excluding carboxylic acids is 2. The summed E-state index contributed by atoms with van der Waals surface area (Å²) in [6, 6.07) is 19.7. The minimum Gasteiger partial charge on any atom is -0.507 e. The van der Waals surface area contributed by atoms with E-state index in [1.165, 1.54) is 4.90 Å². The molecule has 3 aromatic rings. The van der Waals surface area contributed by atoms with Crippen molar-refractivity contribution in [3.63, 3.8) is 0 Å². The number of anilines is 1. The Bertz CT molecular complexity index is 1350. The second-order valence-corrected chi connectivity index (χ2v) is 10.2. The Morgan fingerprint density at radius 1 is 0.944 bits per heavy atom. The zero-order chi connectivity index (χ0) is 26.2. The van der Waals surface area contributed by atoms with Gasteiger partial charge in [0.25, 0.3) is 11.7 Å². The zero-order valence-electron chi connectivity index (χ0n) is 21.8. The van der Waals surface area contributed by atoms with Crippen LogP contribution < -0.4 is 9.64 Å². The van der Waals surface area contributed by atoms with E-state index in [0.29, 0.717) is 17.9 Å². The molecule has 1 N–H and O–H groups in total. The third kappa shape index (κ3) is 4.53. The van der Waals surface area contributed by atoms with Crippen molar-refractivity contribution in [1.29, 1.82) is 0 Å². The molecule has 4 rings (SSSR count). The summed E-state index contributed by atoms with van der Waals surface area (Å²) in [4.78, 5) is 28.4. The lowest BCUT2D eigenvalue weighted by Gasteiger charge is -2.26. The average Bonchev–Trinajstić information content (AvgIpc) is 3.11. The minimum atomic E-state index is -0.752. The number of carbonyl (C=O) groups is 2. The lowest BCUT2D eigenvalue weighted by molar-refractivity contribution is -0.132. The van der Waals surface area contributed by atoms with E-state index in [9.17, 15) is 14.7 Å². The Morgan fingerprint density at radius 2 is 1.64 bits per heavy atom. The molecule has 3 aromatic carbocycles. The molecular weight excluding hydrogens is 450 g/mol. The quantitative estimate of drug-likeness (QED) is 0.251.